The normalized spacial score (nSPS) is 10.3. The van der Waals surface area contributed by atoms with E-state index < -0.39 is 41.5 Å². The molecule has 0 aliphatic heterocycles. The van der Waals surface area contributed by atoms with Crippen LogP contribution >= 0.6 is 0 Å². The Hall–Kier alpha value is -3.03. The van der Waals surface area contributed by atoms with Crippen LogP contribution in [0.3, 0.4) is 0 Å². The first-order chi connectivity index (χ1) is 12.3. The third-order valence-corrected chi connectivity index (χ3v) is 3.64. The molecule has 2 aromatic carbocycles. The molecule has 0 aromatic heterocycles. The van der Waals surface area contributed by atoms with Gasteiger partial charge < -0.3 is 15.0 Å². The van der Waals surface area contributed by atoms with Gasteiger partial charge >= 0.3 is 0 Å². The third kappa shape index (κ3) is 4.53. The number of benzene rings is 2. The molecule has 0 unspecified atom stereocenters. The number of anilines is 1. The van der Waals surface area contributed by atoms with Gasteiger partial charge in [0.05, 0.1) is 12.8 Å². The fourth-order valence-electron chi connectivity index (χ4n) is 2.23. The second-order valence-corrected chi connectivity index (χ2v) is 5.42. The molecule has 2 rings (SSSR count). The standard InChI is InChI=1S/C18H17F3N2O3/c1-11(24)23(15-8-7-14(19)17(20)18(15)21)10-16(25)22-9-12-3-5-13(26-2)6-4-12/h3-8H,9-10H2,1-2H3,(H,22,25). The summed E-state index contributed by atoms with van der Waals surface area (Å²) in [7, 11) is 1.53. The lowest BCUT2D eigenvalue weighted by atomic mass is 10.2. The van der Waals surface area contributed by atoms with Gasteiger partial charge in [0.1, 0.15) is 12.3 Å². The van der Waals surface area contributed by atoms with E-state index in [1.807, 2.05) is 0 Å². The molecule has 0 spiro atoms. The lowest BCUT2D eigenvalue weighted by Crippen LogP contribution is -2.40. The van der Waals surface area contributed by atoms with Crippen molar-refractivity contribution in [2.75, 3.05) is 18.6 Å². The van der Waals surface area contributed by atoms with E-state index in [1.165, 1.54) is 7.11 Å². The van der Waals surface area contributed by atoms with Crippen LogP contribution in [0.5, 0.6) is 5.75 Å². The maximum absolute atomic E-state index is 13.9. The number of carbonyl (C=O) groups is 2. The van der Waals surface area contributed by atoms with Crippen molar-refractivity contribution in [2.24, 2.45) is 0 Å². The molecule has 0 fully saturated rings. The summed E-state index contributed by atoms with van der Waals surface area (Å²) in [5.74, 6) is -5.21. The van der Waals surface area contributed by atoms with Gasteiger partial charge in [-0.05, 0) is 29.8 Å². The lowest BCUT2D eigenvalue weighted by Gasteiger charge is -2.21. The molecule has 26 heavy (non-hydrogen) atoms. The summed E-state index contributed by atoms with van der Waals surface area (Å²) >= 11 is 0. The van der Waals surface area contributed by atoms with Gasteiger partial charge in [-0.1, -0.05) is 12.1 Å². The molecule has 2 amide bonds. The zero-order valence-electron chi connectivity index (χ0n) is 14.2. The SMILES string of the molecule is COc1ccc(CNC(=O)CN(C(C)=O)c2ccc(F)c(F)c2F)cc1. The lowest BCUT2D eigenvalue weighted by molar-refractivity contribution is -0.123. The van der Waals surface area contributed by atoms with E-state index in [-0.39, 0.29) is 6.54 Å². The Morgan fingerprint density at radius 1 is 1.04 bits per heavy atom. The van der Waals surface area contributed by atoms with Gasteiger partial charge in [0, 0.05) is 13.5 Å². The summed E-state index contributed by atoms with van der Waals surface area (Å²) < 4.78 is 45.3. The first kappa shape index (κ1) is 19.3. The van der Waals surface area contributed by atoms with E-state index in [9.17, 15) is 22.8 Å². The highest BCUT2D eigenvalue weighted by Crippen LogP contribution is 2.23. The zero-order chi connectivity index (χ0) is 19.3. The number of halogens is 3. The highest BCUT2D eigenvalue weighted by atomic mass is 19.2. The molecule has 1 N–H and O–H groups in total. The van der Waals surface area contributed by atoms with E-state index in [4.69, 9.17) is 4.74 Å². The van der Waals surface area contributed by atoms with Gasteiger partial charge in [0.25, 0.3) is 0 Å². The number of carbonyl (C=O) groups excluding carboxylic acids is 2. The van der Waals surface area contributed by atoms with E-state index in [0.29, 0.717) is 11.8 Å². The molecule has 0 aliphatic carbocycles. The van der Waals surface area contributed by atoms with Gasteiger partial charge in [-0.15, -0.1) is 0 Å². The number of methoxy groups -OCH3 is 1. The molecule has 5 nitrogen and oxygen atoms in total. The molecule has 0 radical (unpaired) electrons. The molecule has 0 atom stereocenters. The van der Waals surface area contributed by atoms with Crippen LogP contribution in [-0.4, -0.2) is 25.5 Å². The van der Waals surface area contributed by atoms with Gasteiger partial charge in [0.2, 0.25) is 11.8 Å². The van der Waals surface area contributed by atoms with Gasteiger partial charge in [0.15, 0.2) is 17.5 Å². The summed E-state index contributed by atoms with van der Waals surface area (Å²) in [6, 6.07) is 8.54. The molecule has 8 heteroatoms. The smallest absolute Gasteiger partial charge is 0.240 e. The van der Waals surface area contributed by atoms with E-state index in [2.05, 4.69) is 5.32 Å². The number of rotatable bonds is 6. The zero-order valence-corrected chi connectivity index (χ0v) is 14.2. The molecule has 0 saturated carbocycles. The summed E-state index contributed by atoms with van der Waals surface area (Å²) in [4.78, 5) is 24.5. The van der Waals surface area contributed by atoms with Gasteiger partial charge in [-0.25, -0.2) is 13.2 Å². The Balaban J connectivity index is 2.06. The van der Waals surface area contributed by atoms with Crippen LogP contribution in [0, 0.1) is 17.5 Å². The third-order valence-electron chi connectivity index (χ3n) is 3.64. The highest BCUT2D eigenvalue weighted by Gasteiger charge is 2.23. The Labute approximate surface area is 148 Å². The number of ether oxygens (including phenoxy) is 1. The molecule has 0 saturated heterocycles. The second-order valence-electron chi connectivity index (χ2n) is 5.42. The Bertz CT molecular complexity index is 810. The van der Waals surface area contributed by atoms with Crippen molar-refractivity contribution in [2.45, 2.75) is 13.5 Å². The van der Waals surface area contributed by atoms with E-state index in [0.717, 1.165) is 23.5 Å². The molecule has 0 bridgehead atoms. The van der Waals surface area contributed by atoms with Crippen molar-refractivity contribution in [1.29, 1.82) is 0 Å². The fourth-order valence-corrected chi connectivity index (χ4v) is 2.23. The molecular formula is C18H17F3N2O3. The largest absolute Gasteiger partial charge is 0.497 e. The van der Waals surface area contributed by atoms with E-state index >= 15 is 0 Å². The Kier molecular flexibility index (Phi) is 6.21. The maximum Gasteiger partial charge on any atom is 0.240 e. The fraction of sp³-hybridized carbons (Fsp3) is 0.222. The quantitative estimate of drug-likeness (QED) is 0.800. The van der Waals surface area contributed by atoms with Gasteiger partial charge in [-0.2, -0.15) is 0 Å². The number of nitrogens with zero attached hydrogens (tertiary/aromatic N) is 1. The van der Waals surface area contributed by atoms with Crippen LogP contribution in [0.2, 0.25) is 0 Å². The average Bonchev–Trinajstić information content (AvgIpc) is 2.63. The van der Waals surface area contributed by atoms with Crippen molar-refractivity contribution in [3.05, 3.63) is 59.4 Å². The summed E-state index contributed by atoms with van der Waals surface area (Å²) in [5, 5.41) is 2.57. The summed E-state index contributed by atoms with van der Waals surface area (Å²) in [6.07, 6.45) is 0. The van der Waals surface area contributed by atoms with Crippen molar-refractivity contribution in [3.8, 4) is 5.75 Å². The molecule has 2 aromatic rings. The van der Waals surface area contributed by atoms with Gasteiger partial charge in [-0.3, -0.25) is 9.59 Å². The number of amides is 2. The second kappa shape index (κ2) is 8.37. The van der Waals surface area contributed by atoms with Crippen LogP contribution in [0.1, 0.15) is 12.5 Å². The van der Waals surface area contributed by atoms with Crippen molar-refractivity contribution < 1.29 is 27.5 Å². The van der Waals surface area contributed by atoms with Crippen LogP contribution in [0.15, 0.2) is 36.4 Å². The van der Waals surface area contributed by atoms with Crippen LogP contribution in [0.4, 0.5) is 18.9 Å². The first-order valence-electron chi connectivity index (χ1n) is 7.64. The number of hydrogen-bond donors (Lipinski definition) is 1. The number of hydrogen-bond acceptors (Lipinski definition) is 3. The summed E-state index contributed by atoms with van der Waals surface area (Å²) in [6.45, 7) is 0.736. The van der Waals surface area contributed by atoms with Crippen LogP contribution in [0.25, 0.3) is 0 Å². The molecule has 0 heterocycles. The predicted molar refractivity (Wildman–Crippen MR) is 89.2 cm³/mol. The predicted octanol–water partition coefficient (Wildman–Crippen LogP) is 2.78. The minimum absolute atomic E-state index is 0.175. The van der Waals surface area contributed by atoms with E-state index in [1.54, 1.807) is 24.3 Å². The molecular weight excluding hydrogens is 349 g/mol. The Morgan fingerprint density at radius 2 is 1.69 bits per heavy atom. The van der Waals surface area contributed by atoms with Crippen LogP contribution in [-0.2, 0) is 16.1 Å². The minimum Gasteiger partial charge on any atom is -0.497 e. The first-order valence-corrected chi connectivity index (χ1v) is 7.64. The van der Waals surface area contributed by atoms with Crippen LogP contribution < -0.4 is 15.0 Å². The topological polar surface area (TPSA) is 58.6 Å². The summed E-state index contributed by atoms with van der Waals surface area (Å²) in [5.41, 5.74) is 0.281. The maximum atomic E-state index is 13.9. The monoisotopic (exact) mass is 366 g/mol. The van der Waals surface area contributed by atoms with Crippen molar-refractivity contribution in [3.63, 3.8) is 0 Å². The minimum atomic E-state index is -1.70. The highest BCUT2D eigenvalue weighted by molar-refractivity contribution is 5.97. The Morgan fingerprint density at radius 3 is 2.27 bits per heavy atom. The van der Waals surface area contributed by atoms with Crippen molar-refractivity contribution >= 4 is 17.5 Å². The number of nitrogens with one attached hydrogen (secondary N) is 1. The molecule has 138 valence electrons. The van der Waals surface area contributed by atoms with Crippen molar-refractivity contribution in [1.82, 2.24) is 5.32 Å². The molecule has 0 aliphatic rings. The average molecular weight is 366 g/mol.